The van der Waals surface area contributed by atoms with Crippen LogP contribution < -0.4 is 5.32 Å². The normalized spacial score (nSPS) is 19.7. The van der Waals surface area contributed by atoms with Gasteiger partial charge in [-0.05, 0) is 56.1 Å². The Labute approximate surface area is 130 Å². The Balaban J connectivity index is 1.53. The molecule has 21 heavy (non-hydrogen) atoms. The van der Waals surface area contributed by atoms with Gasteiger partial charge in [0, 0.05) is 6.54 Å². The van der Waals surface area contributed by atoms with E-state index in [1.54, 1.807) is 11.8 Å². The molecule has 0 heterocycles. The van der Waals surface area contributed by atoms with Crippen LogP contribution >= 0.6 is 11.8 Å². The van der Waals surface area contributed by atoms with Crippen LogP contribution in [0.4, 0.5) is 0 Å². The van der Waals surface area contributed by atoms with E-state index in [9.17, 15) is 9.59 Å². The van der Waals surface area contributed by atoms with Crippen LogP contribution in [0.15, 0.2) is 11.6 Å². The van der Waals surface area contributed by atoms with E-state index in [4.69, 9.17) is 5.11 Å². The standard InChI is InChI=1S/C16H25NO3S/c18-14(17-9-6-13-4-2-1-3-5-13)11-21-12-16(7-8-16)10-15(19)20/h4H,1-3,5-12H2,(H,17,18)(H,19,20). The summed E-state index contributed by atoms with van der Waals surface area (Å²) in [5.41, 5.74) is 1.46. The van der Waals surface area contributed by atoms with Gasteiger partial charge in [0.25, 0.3) is 0 Å². The molecule has 2 aliphatic rings. The van der Waals surface area contributed by atoms with Crippen molar-refractivity contribution < 1.29 is 14.7 Å². The number of allylic oxidation sites excluding steroid dienone is 1. The number of aliphatic carboxylic acids is 1. The van der Waals surface area contributed by atoms with Gasteiger partial charge in [0.2, 0.25) is 5.91 Å². The maximum Gasteiger partial charge on any atom is 0.303 e. The second-order valence-electron chi connectivity index (χ2n) is 6.27. The predicted molar refractivity (Wildman–Crippen MR) is 85.4 cm³/mol. The van der Waals surface area contributed by atoms with Crippen molar-refractivity contribution in [3.05, 3.63) is 11.6 Å². The Hall–Kier alpha value is -0.970. The minimum atomic E-state index is -0.724. The van der Waals surface area contributed by atoms with Crippen molar-refractivity contribution in [1.29, 1.82) is 0 Å². The molecule has 2 rings (SSSR count). The topological polar surface area (TPSA) is 66.4 Å². The van der Waals surface area contributed by atoms with Crippen LogP contribution in [-0.4, -0.2) is 35.0 Å². The molecule has 4 nitrogen and oxygen atoms in total. The fourth-order valence-corrected chi connectivity index (χ4v) is 3.99. The van der Waals surface area contributed by atoms with Crippen molar-refractivity contribution >= 4 is 23.6 Å². The summed E-state index contributed by atoms with van der Waals surface area (Å²) in [6.45, 7) is 0.728. The van der Waals surface area contributed by atoms with Crippen LogP contribution in [-0.2, 0) is 9.59 Å². The molecule has 0 aromatic carbocycles. The van der Waals surface area contributed by atoms with Crippen LogP contribution in [0.2, 0.25) is 0 Å². The summed E-state index contributed by atoms with van der Waals surface area (Å²) in [6.07, 6.45) is 10.4. The maximum absolute atomic E-state index is 11.7. The van der Waals surface area contributed by atoms with Crippen LogP contribution in [0.3, 0.4) is 0 Å². The molecule has 0 radical (unpaired) electrons. The Kier molecular flexibility index (Phi) is 6.15. The predicted octanol–water partition coefficient (Wildman–Crippen LogP) is 2.98. The average molecular weight is 311 g/mol. The number of rotatable bonds is 9. The van der Waals surface area contributed by atoms with Gasteiger partial charge in [0.1, 0.15) is 0 Å². The molecule has 0 aliphatic heterocycles. The summed E-state index contributed by atoms with van der Waals surface area (Å²) in [7, 11) is 0. The number of nitrogens with one attached hydrogen (secondary N) is 1. The van der Waals surface area contributed by atoms with E-state index in [1.165, 1.54) is 31.3 Å². The number of thioether (sulfide) groups is 1. The summed E-state index contributed by atoms with van der Waals surface area (Å²) in [4.78, 5) is 22.5. The van der Waals surface area contributed by atoms with Gasteiger partial charge in [-0.1, -0.05) is 11.6 Å². The van der Waals surface area contributed by atoms with Gasteiger partial charge in [-0.25, -0.2) is 0 Å². The van der Waals surface area contributed by atoms with Crippen molar-refractivity contribution in [2.45, 2.75) is 51.4 Å². The second kappa shape index (κ2) is 7.87. The van der Waals surface area contributed by atoms with E-state index >= 15 is 0 Å². The first kappa shape index (κ1) is 16.4. The molecule has 118 valence electrons. The minimum absolute atomic E-state index is 0.0241. The highest BCUT2D eigenvalue weighted by Crippen LogP contribution is 2.50. The molecular weight excluding hydrogens is 286 g/mol. The van der Waals surface area contributed by atoms with Crippen molar-refractivity contribution in [2.24, 2.45) is 5.41 Å². The van der Waals surface area contributed by atoms with Crippen molar-refractivity contribution in [1.82, 2.24) is 5.32 Å². The monoisotopic (exact) mass is 311 g/mol. The van der Waals surface area contributed by atoms with Gasteiger partial charge in [0.15, 0.2) is 0 Å². The molecule has 1 fully saturated rings. The fraction of sp³-hybridized carbons (Fsp3) is 0.750. The number of hydrogen-bond donors (Lipinski definition) is 2. The summed E-state index contributed by atoms with van der Waals surface area (Å²) in [6, 6.07) is 0. The molecular formula is C16H25NO3S. The van der Waals surface area contributed by atoms with Crippen LogP contribution in [0.5, 0.6) is 0 Å². The minimum Gasteiger partial charge on any atom is -0.481 e. The highest BCUT2D eigenvalue weighted by atomic mass is 32.2. The zero-order valence-electron chi connectivity index (χ0n) is 12.5. The molecule has 1 saturated carbocycles. The summed E-state index contributed by atoms with van der Waals surface area (Å²) >= 11 is 1.57. The largest absolute Gasteiger partial charge is 0.481 e. The first-order valence-electron chi connectivity index (χ1n) is 7.84. The molecule has 0 spiro atoms. The van der Waals surface area contributed by atoms with Crippen LogP contribution in [0, 0.1) is 5.41 Å². The van der Waals surface area contributed by atoms with Crippen molar-refractivity contribution in [3.63, 3.8) is 0 Å². The lowest BCUT2D eigenvalue weighted by Crippen LogP contribution is -2.27. The van der Waals surface area contributed by atoms with Gasteiger partial charge in [-0.3, -0.25) is 9.59 Å². The lowest BCUT2D eigenvalue weighted by atomic mass is 9.97. The smallest absolute Gasteiger partial charge is 0.303 e. The average Bonchev–Trinajstić information content (AvgIpc) is 3.19. The SMILES string of the molecule is O=C(O)CC1(CSCC(=O)NCCC2=CCCCC2)CC1. The van der Waals surface area contributed by atoms with Gasteiger partial charge in [-0.2, -0.15) is 11.8 Å². The van der Waals surface area contributed by atoms with Gasteiger partial charge in [0.05, 0.1) is 12.2 Å². The van der Waals surface area contributed by atoms with Crippen molar-refractivity contribution in [3.8, 4) is 0 Å². The van der Waals surface area contributed by atoms with E-state index in [0.29, 0.717) is 5.75 Å². The number of carbonyl (C=O) groups is 2. The van der Waals surface area contributed by atoms with E-state index in [1.807, 2.05) is 0 Å². The quantitative estimate of drug-likeness (QED) is 0.642. The first-order valence-corrected chi connectivity index (χ1v) is 8.99. The molecule has 0 atom stereocenters. The van der Waals surface area contributed by atoms with Gasteiger partial charge in [-0.15, -0.1) is 0 Å². The molecule has 2 N–H and O–H groups in total. The van der Waals surface area contributed by atoms with E-state index in [0.717, 1.165) is 31.6 Å². The maximum atomic E-state index is 11.7. The number of carboxylic acid groups (broad SMARTS) is 1. The third-order valence-electron chi connectivity index (χ3n) is 4.28. The number of carboxylic acids is 1. The zero-order valence-corrected chi connectivity index (χ0v) is 13.3. The van der Waals surface area contributed by atoms with E-state index in [-0.39, 0.29) is 17.7 Å². The molecule has 0 saturated heterocycles. The van der Waals surface area contributed by atoms with Crippen molar-refractivity contribution in [2.75, 3.05) is 18.1 Å². The fourth-order valence-electron chi connectivity index (χ4n) is 2.78. The lowest BCUT2D eigenvalue weighted by Gasteiger charge is -2.13. The van der Waals surface area contributed by atoms with E-state index < -0.39 is 5.97 Å². The second-order valence-corrected chi connectivity index (χ2v) is 7.26. The number of hydrogen-bond acceptors (Lipinski definition) is 3. The Bertz CT molecular complexity index is 416. The van der Waals surface area contributed by atoms with Gasteiger partial charge < -0.3 is 10.4 Å². The number of carbonyl (C=O) groups excluding carboxylic acids is 1. The summed E-state index contributed by atoms with van der Waals surface area (Å²) in [5, 5.41) is 11.8. The summed E-state index contributed by atoms with van der Waals surface area (Å²) < 4.78 is 0. The van der Waals surface area contributed by atoms with Crippen LogP contribution in [0.25, 0.3) is 0 Å². The highest BCUT2D eigenvalue weighted by Gasteiger charge is 2.44. The molecule has 5 heteroatoms. The molecule has 0 unspecified atom stereocenters. The Morgan fingerprint density at radius 3 is 2.76 bits per heavy atom. The molecule has 0 aromatic rings. The molecule has 0 bridgehead atoms. The Morgan fingerprint density at radius 2 is 2.14 bits per heavy atom. The Morgan fingerprint density at radius 1 is 1.33 bits per heavy atom. The summed E-state index contributed by atoms with van der Waals surface area (Å²) in [5.74, 6) is 0.582. The van der Waals surface area contributed by atoms with Gasteiger partial charge >= 0.3 is 5.97 Å². The molecule has 1 amide bonds. The third kappa shape index (κ3) is 6.12. The third-order valence-corrected chi connectivity index (χ3v) is 5.56. The first-order chi connectivity index (χ1) is 10.1. The zero-order chi connectivity index (χ0) is 15.1. The molecule has 2 aliphatic carbocycles. The van der Waals surface area contributed by atoms with E-state index in [2.05, 4.69) is 11.4 Å². The van der Waals surface area contributed by atoms with Crippen LogP contribution in [0.1, 0.15) is 51.4 Å². The molecule has 0 aromatic heterocycles. The lowest BCUT2D eigenvalue weighted by molar-refractivity contribution is -0.138. The number of amides is 1. The highest BCUT2D eigenvalue weighted by molar-refractivity contribution is 7.99.